The average Bonchev–Trinajstić information content (AvgIpc) is 3.13. The lowest BCUT2D eigenvalue weighted by molar-refractivity contribution is 0.134. The average molecular weight is 271 g/mol. The molecule has 1 aromatic carbocycles. The molecular formula is C16H21N3O. The number of imidazole rings is 1. The Morgan fingerprint density at radius 3 is 3.05 bits per heavy atom. The standard InChI is InChI=1S/C16H21N3O/c1-2-5-17-15(9-16-18-6-7-19-16)12-3-4-13-10-20-11-14(13)8-12/h3-4,6-8,15,17H,2,5,9-11H2,1H3,(H,18,19). The van der Waals surface area contributed by atoms with E-state index in [0.29, 0.717) is 6.04 Å². The molecule has 3 rings (SSSR count). The molecule has 0 radical (unpaired) electrons. The molecule has 1 aliphatic rings. The van der Waals surface area contributed by atoms with Crippen molar-refractivity contribution in [3.8, 4) is 0 Å². The summed E-state index contributed by atoms with van der Waals surface area (Å²) in [6.07, 6.45) is 5.70. The Labute approximate surface area is 119 Å². The Balaban J connectivity index is 1.80. The van der Waals surface area contributed by atoms with Crippen molar-refractivity contribution in [2.75, 3.05) is 6.54 Å². The third kappa shape index (κ3) is 2.92. The Bertz CT molecular complexity index is 551. The SMILES string of the molecule is CCCNC(Cc1ncc[nH]1)c1ccc2c(c1)COC2. The first-order valence-corrected chi connectivity index (χ1v) is 7.28. The number of nitrogens with one attached hydrogen (secondary N) is 2. The third-order valence-corrected chi connectivity index (χ3v) is 3.74. The van der Waals surface area contributed by atoms with E-state index >= 15 is 0 Å². The Morgan fingerprint density at radius 1 is 1.35 bits per heavy atom. The van der Waals surface area contributed by atoms with Crippen LogP contribution in [-0.2, 0) is 24.4 Å². The minimum atomic E-state index is 0.298. The van der Waals surface area contributed by atoms with Gasteiger partial charge in [0.25, 0.3) is 0 Å². The molecular weight excluding hydrogens is 250 g/mol. The predicted octanol–water partition coefficient (Wildman–Crippen LogP) is 2.72. The van der Waals surface area contributed by atoms with Crippen molar-refractivity contribution in [3.05, 3.63) is 53.1 Å². The molecule has 0 aliphatic carbocycles. The van der Waals surface area contributed by atoms with Gasteiger partial charge in [0, 0.05) is 24.9 Å². The molecule has 1 atom stereocenters. The van der Waals surface area contributed by atoms with Gasteiger partial charge in [0.1, 0.15) is 5.82 Å². The Morgan fingerprint density at radius 2 is 2.25 bits per heavy atom. The van der Waals surface area contributed by atoms with Crippen molar-refractivity contribution in [2.24, 2.45) is 0 Å². The molecule has 0 amide bonds. The van der Waals surface area contributed by atoms with Gasteiger partial charge >= 0.3 is 0 Å². The zero-order valence-electron chi connectivity index (χ0n) is 11.9. The zero-order valence-corrected chi connectivity index (χ0v) is 11.9. The number of aromatic amines is 1. The van der Waals surface area contributed by atoms with Crippen molar-refractivity contribution < 1.29 is 4.74 Å². The predicted molar refractivity (Wildman–Crippen MR) is 78.3 cm³/mol. The first kappa shape index (κ1) is 13.3. The number of nitrogens with zero attached hydrogens (tertiary/aromatic N) is 1. The van der Waals surface area contributed by atoms with Gasteiger partial charge < -0.3 is 15.0 Å². The number of aromatic nitrogens is 2. The second-order valence-corrected chi connectivity index (χ2v) is 5.27. The van der Waals surface area contributed by atoms with Crippen molar-refractivity contribution in [1.82, 2.24) is 15.3 Å². The van der Waals surface area contributed by atoms with Crippen LogP contribution < -0.4 is 5.32 Å². The Hall–Kier alpha value is -1.65. The molecule has 0 saturated carbocycles. The first-order valence-electron chi connectivity index (χ1n) is 7.28. The van der Waals surface area contributed by atoms with Crippen molar-refractivity contribution in [1.29, 1.82) is 0 Å². The molecule has 4 heteroatoms. The summed E-state index contributed by atoms with van der Waals surface area (Å²) in [7, 11) is 0. The van der Waals surface area contributed by atoms with E-state index in [-0.39, 0.29) is 0 Å². The van der Waals surface area contributed by atoms with Gasteiger partial charge in [-0.15, -0.1) is 0 Å². The summed E-state index contributed by atoms with van der Waals surface area (Å²) in [5, 5.41) is 3.61. The molecule has 0 spiro atoms. The third-order valence-electron chi connectivity index (χ3n) is 3.74. The van der Waals surface area contributed by atoms with Crippen molar-refractivity contribution in [2.45, 2.75) is 39.0 Å². The number of ether oxygens (including phenoxy) is 1. The van der Waals surface area contributed by atoms with E-state index in [2.05, 4.69) is 40.4 Å². The summed E-state index contributed by atoms with van der Waals surface area (Å²) in [5.41, 5.74) is 3.96. The maximum Gasteiger partial charge on any atom is 0.107 e. The molecule has 0 bridgehead atoms. The minimum absolute atomic E-state index is 0.298. The minimum Gasteiger partial charge on any atom is -0.372 e. The lowest BCUT2D eigenvalue weighted by atomic mass is 9.98. The molecule has 106 valence electrons. The first-order chi connectivity index (χ1) is 9.86. The van der Waals surface area contributed by atoms with E-state index in [4.69, 9.17) is 4.74 Å². The van der Waals surface area contributed by atoms with E-state index in [9.17, 15) is 0 Å². The quantitative estimate of drug-likeness (QED) is 0.849. The second kappa shape index (κ2) is 6.20. The molecule has 1 aliphatic heterocycles. The van der Waals surface area contributed by atoms with E-state index in [1.54, 1.807) is 0 Å². The number of hydrogen-bond donors (Lipinski definition) is 2. The number of rotatable bonds is 6. The van der Waals surface area contributed by atoms with Crippen molar-refractivity contribution in [3.63, 3.8) is 0 Å². The normalized spacial score (nSPS) is 15.2. The maximum atomic E-state index is 5.50. The van der Waals surface area contributed by atoms with E-state index < -0.39 is 0 Å². The fourth-order valence-electron chi connectivity index (χ4n) is 2.64. The van der Waals surface area contributed by atoms with Gasteiger partial charge in [0.15, 0.2) is 0 Å². The lowest BCUT2D eigenvalue weighted by Gasteiger charge is -2.19. The summed E-state index contributed by atoms with van der Waals surface area (Å²) >= 11 is 0. The van der Waals surface area contributed by atoms with E-state index in [0.717, 1.165) is 38.4 Å². The van der Waals surface area contributed by atoms with Crippen LogP contribution in [0.5, 0.6) is 0 Å². The highest BCUT2D eigenvalue weighted by Gasteiger charge is 2.17. The zero-order chi connectivity index (χ0) is 13.8. The largest absolute Gasteiger partial charge is 0.372 e. The van der Waals surface area contributed by atoms with Gasteiger partial charge in [0.2, 0.25) is 0 Å². The molecule has 0 saturated heterocycles. The molecule has 1 unspecified atom stereocenters. The topological polar surface area (TPSA) is 49.9 Å². The molecule has 2 N–H and O–H groups in total. The molecule has 20 heavy (non-hydrogen) atoms. The Kier molecular flexibility index (Phi) is 4.14. The molecule has 4 nitrogen and oxygen atoms in total. The van der Waals surface area contributed by atoms with Gasteiger partial charge in [-0.2, -0.15) is 0 Å². The van der Waals surface area contributed by atoms with Crippen molar-refractivity contribution >= 4 is 0 Å². The molecule has 1 aromatic heterocycles. The van der Waals surface area contributed by atoms with Gasteiger partial charge in [-0.3, -0.25) is 0 Å². The molecule has 2 heterocycles. The highest BCUT2D eigenvalue weighted by molar-refractivity contribution is 5.35. The van der Waals surface area contributed by atoms with Gasteiger partial charge in [-0.1, -0.05) is 25.1 Å². The maximum absolute atomic E-state index is 5.50. The van der Waals surface area contributed by atoms with Crippen LogP contribution in [0.25, 0.3) is 0 Å². The highest BCUT2D eigenvalue weighted by atomic mass is 16.5. The van der Waals surface area contributed by atoms with Crippen LogP contribution in [0.15, 0.2) is 30.6 Å². The monoisotopic (exact) mass is 271 g/mol. The fourth-order valence-corrected chi connectivity index (χ4v) is 2.64. The summed E-state index contributed by atoms with van der Waals surface area (Å²) in [6.45, 7) is 4.69. The fraction of sp³-hybridized carbons (Fsp3) is 0.438. The summed E-state index contributed by atoms with van der Waals surface area (Å²) in [6, 6.07) is 6.98. The summed E-state index contributed by atoms with van der Waals surface area (Å²) in [5.74, 6) is 1.02. The van der Waals surface area contributed by atoms with Gasteiger partial charge in [0.05, 0.1) is 13.2 Å². The molecule has 2 aromatic rings. The van der Waals surface area contributed by atoms with Crippen LogP contribution in [0.2, 0.25) is 0 Å². The van der Waals surface area contributed by atoms with Gasteiger partial charge in [-0.25, -0.2) is 4.98 Å². The van der Waals surface area contributed by atoms with Gasteiger partial charge in [-0.05, 0) is 29.7 Å². The number of benzene rings is 1. The summed E-state index contributed by atoms with van der Waals surface area (Å²) < 4.78 is 5.50. The smallest absolute Gasteiger partial charge is 0.107 e. The number of fused-ring (bicyclic) bond motifs is 1. The van der Waals surface area contributed by atoms with Crippen LogP contribution in [0.1, 0.15) is 41.9 Å². The molecule has 0 fully saturated rings. The number of H-pyrrole nitrogens is 1. The second-order valence-electron chi connectivity index (χ2n) is 5.27. The van der Waals surface area contributed by atoms with E-state index in [1.807, 2.05) is 12.4 Å². The van der Waals surface area contributed by atoms with Crippen LogP contribution in [-0.4, -0.2) is 16.5 Å². The summed E-state index contributed by atoms with van der Waals surface area (Å²) in [4.78, 5) is 7.53. The van der Waals surface area contributed by atoms with Crippen LogP contribution in [0.3, 0.4) is 0 Å². The number of hydrogen-bond acceptors (Lipinski definition) is 3. The highest BCUT2D eigenvalue weighted by Crippen LogP contribution is 2.25. The lowest BCUT2D eigenvalue weighted by Crippen LogP contribution is -2.24. The van der Waals surface area contributed by atoms with E-state index in [1.165, 1.54) is 16.7 Å². The van der Waals surface area contributed by atoms with Crippen LogP contribution in [0.4, 0.5) is 0 Å². The van der Waals surface area contributed by atoms with Crippen LogP contribution >= 0.6 is 0 Å². The van der Waals surface area contributed by atoms with Crippen LogP contribution in [0, 0.1) is 0 Å².